The van der Waals surface area contributed by atoms with Gasteiger partial charge in [0.25, 0.3) is 0 Å². The molecule has 0 heterocycles. The Labute approximate surface area is 92.5 Å². The van der Waals surface area contributed by atoms with Crippen LogP contribution in [0.1, 0.15) is 21.5 Å². The number of rotatable bonds is 2. The molecule has 0 aliphatic heterocycles. The molecule has 1 rings (SSSR count). The molecule has 0 bridgehead atoms. The molecule has 2 N–H and O–H groups in total. The van der Waals surface area contributed by atoms with Crippen LogP contribution < -0.4 is 10.9 Å². The molecule has 0 saturated heterocycles. The normalized spacial score (nSPS) is 11.5. The Morgan fingerprint density at radius 1 is 1.20 bits per heavy atom. The van der Waals surface area contributed by atoms with Gasteiger partial charge < -0.3 is 5.73 Å². The molecular weight excluding hydrogens is 202 g/mol. The lowest BCUT2D eigenvalue weighted by atomic mass is 10.1. The number of benzene rings is 1. The van der Waals surface area contributed by atoms with E-state index in [0.29, 0.717) is 5.56 Å². The van der Waals surface area contributed by atoms with E-state index in [9.17, 15) is 4.79 Å². The van der Waals surface area contributed by atoms with Crippen molar-refractivity contribution in [3.8, 4) is 0 Å². The van der Waals surface area contributed by atoms with E-state index in [1.165, 1.54) is 16.3 Å². The third-order valence-corrected chi connectivity index (χ3v) is 4.90. The molecule has 1 aromatic carbocycles. The van der Waals surface area contributed by atoms with Crippen molar-refractivity contribution in [2.24, 2.45) is 5.73 Å². The number of carbonyl (C=O) groups excluding carboxylic acids is 1. The highest BCUT2D eigenvalue weighted by atomic mass is 28.3. The van der Waals surface area contributed by atoms with E-state index in [2.05, 4.69) is 33.5 Å². The molecule has 82 valence electrons. The van der Waals surface area contributed by atoms with Crippen LogP contribution in [-0.2, 0) is 0 Å². The van der Waals surface area contributed by atoms with Gasteiger partial charge in [0.1, 0.15) is 0 Å². The number of amides is 1. The fourth-order valence-corrected chi connectivity index (χ4v) is 4.32. The maximum Gasteiger partial charge on any atom is 0.248 e. The molecule has 0 atom stereocenters. The maximum atomic E-state index is 11.4. The summed E-state index contributed by atoms with van der Waals surface area (Å²) in [7, 11) is -1.52. The van der Waals surface area contributed by atoms with Crippen molar-refractivity contribution >= 4 is 19.2 Å². The number of nitrogens with two attached hydrogens (primary N) is 1. The van der Waals surface area contributed by atoms with Gasteiger partial charge in [0.05, 0.1) is 8.07 Å². The van der Waals surface area contributed by atoms with E-state index in [4.69, 9.17) is 5.73 Å². The van der Waals surface area contributed by atoms with Gasteiger partial charge in [-0.1, -0.05) is 25.7 Å². The zero-order chi connectivity index (χ0) is 11.8. The van der Waals surface area contributed by atoms with Crippen LogP contribution in [0.4, 0.5) is 0 Å². The third kappa shape index (κ3) is 2.29. The van der Waals surface area contributed by atoms with E-state index < -0.39 is 8.07 Å². The van der Waals surface area contributed by atoms with Gasteiger partial charge in [-0.25, -0.2) is 0 Å². The zero-order valence-electron chi connectivity index (χ0n) is 10.1. The molecule has 1 amide bonds. The summed E-state index contributed by atoms with van der Waals surface area (Å²) in [4.78, 5) is 11.4. The molecule has 2 nitrogen and oxygen atoms in total. The van der Waals surface area contributed by atoms with Crippen LogP contribution >= 0.6 is 0 Å². The number of hydrogen-bond acceptors (Lipinski definition) is 1. The highest BCUT2D eigenvalue weighted by Crippen LogP contribution is 2.14. The van der Waals surface area contributed by atoms with Gasteiger partial charge >= 0.3 is 0 Å². The second kappa shape index (κ2) is 3.81. The summed E-state index contributed by atoms with van der Waals surface area (Å²) in [5, 5.41) is 1.20. The SMILES string of the molecule is Cc1ccc(C(N)=O)c([Si](C)(C)C)c1C. The fraction of sp³-hybridized carbons (Fsp3) is 0.417. The average molecular weight is 221 g/mol. The highest BCUT2D eigenvalue weighted by molar-refractivity contribution is 6.89. The van der Waals surface area contributed by atoms with Gasteiger partial charge in [-0.15, -0.1) is 0 Å². The van der Waals surface area contributed by atoms with E-state index in [1.54, 1.807) is 0 Å². The summed E-state index contributed by atoms with van der Waals surface area (Å²) in [6.07, 6.45) is 0. The predicted molar refractivity (Wildman–Crippen MR) is 67.4 cm³/mol. The Morgan fingerprint density at radius 3 is 2.13 bits per heavy atom. The van der Waals surface area contributed by atoms with Crippen LogP contribution in [0.5, 0.6) is 0 Å². The largest absolute Gasteiger partial charge is 0.366 e. The average Bonchev–Trinajstić information content (AvgIpc) is 2.06. The summed E-state index contributed by atoms with van der Waals surface area (Å²) < 4.78 is 0. The summed E-state index contributed by atoms with van der Waals surface area (Å²) >= 11 is 0. The van der Waals surface area contributed by atoms with Crippen molar-refractivity contribution < 1.29 is 4.79 Å². The second-order valence-electron chi connectivity index (χ2n) is 5.04. The molecule has 1 aromatic rings. The maximum absolute atomic E-state index is 11.4. The minimum Gasteiger partial charge on any atom is -0.366 e. The molecule has 0 unspecified atom stereocenters. The summed E-state index contributed by atoms with van der Waals surface area (Å²) in [6, 6.07) is 3.83. The highest BCUT2D eigenvalue weighted by Gasteiger charge is 2.25. The van der Waals surface area contributed by atoms with Gasteiger partial charge in [-0.05, 0) is 36.2 Å². The second-order valence-corrected chi connectivity index (χ2v) is 10.0. The van der Waals surface area contributed by atoms with Crippen molar-refractivity contribution in [2.75, 3.05) is 0 Å². The Morgan fingerprint density at radius 2 is 1.73 bits per heavy atom. The molecule has 0 aliphatic rings. The van der Waals surface area contributed by atoms with Crippen LogP contribution in [-0.4, -0.2) is 14.0 Å². The van der Waals surface area contributed by atoms with E-state index in [1.807, 2.05) is 12.1 Å². The Balaban J connectivity index is 3.57. The molecule has 0 aliphatic carbocycles. The van der Waals surface area contributed by atoms with Crippen molar-refractivity contribution in [2.45, 2.75) is 33.5 Å². The monoisotopic (exact) mass is 221 g/mol. The van der Waals surface area contributed by atoms with Gasteiger partial charge in [0.15, 0.2) is 0 Å². The van der Waals surface area contributed by atoms with Gasteiger partial charge in [-0.2, -0.15) is 0 Å². The number of carbonyl (C=O) groups is 1. The zero-order valence-corrected chi connectivity index (χ0v) is 11.1. The predicted octanol–water partition coefficient (Wildman–Crippen LogP) is 1.95. The van der Waals surface area contributed by atoms with Gasteiger partial charge in [-0.3, -0.25) is 4.79 Å². The van der Waals surface area contributed by atoms with Gasteiger partial charge in [0, 0.05) is 5.56 Å². The van der Waals surface area contributed by atoms with Crippen LogP contribution in [0.25, 0.3) is 0 Å². The first kappa shape index (κ1) is 12.0. The molecule has 0 spiro atoms. The van der Waals surface area contributed by atoms with E-state index in [-0.39, 0.29) is 5.91 Å². The number of aryl methyl sites for hydroxylation is 1. The lowest BCUT2D eigenvalue weighted by Crippen LogP contribution is -2.44. The Kier molecular flexibility index (Phi) is 3.04. The van der Waals surface area contributed by atoms with Crippen molar-refractivity contribution in [3.63, 3.8) is 0 Å². The van der Waals surface area contributed by atoms with Crippen LogP contribution in [0.2, 0.25) is 19.6 Å². The first-order valence-corrected chi connectivity index (χ1v) is 8.65. The fourth-order valence-electron chi connectivity index (χ4n) is 1.99. The molecule has 0 fully saturated rings. The van der Waals surface area contributed by atoms with Crippen LogP contribution in [0, 0.1) is 13.8 Å². The molecular formula is C12H19NOSi. The molecule has 15 heavy (non-hydrogen) atoms. The number of hydrogen-bond donors (Lipinski definition) is 1. The Bertz CT molecular complexity index is 405. The minimum absolute atomic E-state index is 0.310. The summed E-state index contributed by atoms with van der Waals surface area (Å²) in [5.74, 6) is -0.310. The van der Waals surface area contributed by atoms with E-state index in [0.717, 1.165) is 0 Å². The lowest BCUT2D eigenvalue weighted by Gasteiger charge is -2.23. The standard InChI is InChI=1S/C12H19NOSi/c1-8-6-7-10(12(13)14)11(9(8)2)15(3,4)5/h6-7H,1-5H3,(H2,13,14). The summed E-state index contributed by atoms with van der Waals surface area (Å²) in [6.45, 7) is 10.9. The van der Waals surface area contributed by atoms with Crippen LogP contribution in [0.3, 0.4) is 0 Å². The molecule has 3 heteroatoms. The topological polar surface area (TPSA) is 43.1 Å². The third-order valence-electron chi connectivity index (χ3n) is 2.75. The molecule has 0 saturated carbocycles. The quantitative estimate of drug-likeness (QED) is 0.762. The molecule has 0 radical (unpaired) electrons. The molecule has 0 aromatic heterocycles. The van der Waals surface area contributed by atoms with E-state index >= 15 is 0 Å². The van der Waals surface area contributed by atoms with Crippen molar-refractivity contribution in [1.29, 1.82) is 0 Å². The minimum atomic E-state index is -1.52. The van der Waals surface area contributed by atoms with Crippen molar-refractivity contribution in [3.05, 3.63) is 28.8 Å². The Hall–Kier alpha value is -1.09. The van der Waals surface area contributed by atoms with Gasteiger partial charge in [0.2, 0.25) is 5.91 Å². The lowest BCUT2D eigenvalue weighted by molar-refractivity contribution is 0.100. The smallest absolute Gasteiger partial charge is 0.248 e. The van der Waals surface area contributed by atoms with Crippen molar-refractivity contribution in [1.82, 2.24) is 0 Å². The summed E-state index contributed by atoms with van der Waals surface area (Å²) in [5.41, 5.74) is 8.58. The van der Waals surface area contributed by atoms with Crippen LogP contribution in [0.15, 0.2) is 12.1 Å². The number of primary amides is 1. The first-order valence-electron chi connectivity index (χ1n) is 5.15. The first-order chi connectivity index (χ1) is 6.75.